The maximum absolute atomic E-state index is 12.1. The molecule has 0 spiro atoms. The fourth-order valence-electron chi connectivity index (χ4n) is 2.65. The van der Waals surface area contributed by atoms with E-state index in [-0.39, 0.29) is 6.42 Å². The van der Waals surface area contributed by atoms with Crippen molar-refractivity contribution in [3.8, 4) is 23.0 Å². The minimum Gasteiger partial charge on any atom is -0.495 e. The fraction of sp³-hybridized carbons (Fsp3) is 0.333. The summed E-state index contributed by atoms with van der Waals surface area (Å²) in [6.07, 6.45) is 0.546. The first-order valence-corrected chi connectivity index (χ1v) is 9.37. The van der Waals surface area contributed by atoms with Crippen molar-refractivity contribution in [3.05, 3.63) is 40.9 Å². The predicted octanol–water partition coefficient (Wildman–Crippen LogP) is 3.49. The van der Waals surface area contributed by atoms with Crippen LogP contribution in [-0.2, 0) is 20.7 Å². The molecule has 1 amide bonds. The van der Waals surface area contributed by atoms with Gasteiger partial charge < -0.3 is 29.0 Å². The third-order valence-corrected chi connectivity index (χ3v) is 4.47. The molecule has 9 heteroatoms. The second-order valence-electron chi connectivity index (χ2n) is 6.09. The first-order valence-electron chi connectivity index (χ1n) is 8.99. The summed E-state index contributed by atoms with van der Waals surface area (Å²) in [4.78, 5) is 24.1. The van der Waals surface area contributed by atoms with E-state index in [9.17, 15) is 9.59 Å². The number of methoxy groups -OCH3 is 4. The van der Waals surface area contributed by atoms with Gasteiger partial charge in [0.1, 0.15) is 11.5 Å². The van der Waals surface area contributed by atoms with Crippen LogP contribution in [-0.4, -0.2) is 46.9 Å². The Morgan fingerprint density at radius 2 is 1.53 bits per heavy atom. The largest absolute Gasteiger partial charge is 0.495 e. The van der Waals surface area contributed by atoms with E-state index in [0.29, 0.717) is 40.1 Å². The van der Waals surface area contributed by atoms with Gasteiger partial charge >= 0.3 is 5.97 Å². The molecule has 162 valence electrons. The molecule has 0 radical (unpaired) electrons. The van der Waals surface area contributed by atoms with E-state index in [0.717, 1.165) is 5.56 Å². The smallest absolute Gasteiger partial charge is 0.306 e. The van der Waals surface area contributed by atoms with Crippen LogP contribution >= 0.6 is 11.6 Å². The maximum atomic E-state index is 12.1. The van der Waals surface area contributed by atoms with Gasteiger partial charge in [0, 0.05) is 18.6 Å². The highest BCUT2D eigenvalue weighted by Gasteiger charge is 2.14. The number of amides is 1. The Morgan fingerprint density at radius 1 is 0.867 bits per heavy atom. The van der Waals surface area contributed by atoms with E-state index in [1.165, 1.54) is 26.4 Å². The van der Waals surface area contributed by atoms with Gasteiger partial charge in [0.2, 0.25) is 0 Å². The molecule has 0 fully saturated rings. The van der Waals surface area contributed by atoms with Gasteiger partial charge in [-0.3, -0.25) is 9.59 Å². The molecule has 1 N–H and O–H groups in total. The summed E-state index contributed by atoms with van der Waals surface area (Å²) < 4.78 is 25.8. The van der Waals surface area contributed by atoms with Crippen molar-refractivity contribution in [1.29, 1.82) is 0 Å². The van der Waals surface area contributed by atoms with Crippen LogP contribution < -0.4 is 24.3 Å². The SMILES string of the molecule is COc1cc(NC(=O)COC(=O)CCc2ccc(OC)c(OC)c2)c(OC)cc1Cl. The molecule has 0 bridgehead atoms. The van der Waals surface area contributed by atoms with Gasteiger partial charge in [0.25, 0.3) is 5.91 Å². The Morgan fingerprint density at radius 3 is 2.17 bits per heavy atom. The van der Waals surface area contributed by atoms with Crippen LogP contribution in [0.15, 0.2) is 30.3 Å². The summed E-state index contributed by atoms with van der Waals surface area (Å²) in [5, 5.41) is 2.95. The third kappa shape index (κ3) is 6.18. The van der Waals surface area contributed by atoms with E-state index < -0.39 is 18.5 Å². The maximum Gasteiger partial charge on any atom is 0.306 e. The van der Waals surface area contributed by atoms with Crippen molar-refractivity contribution < 1.29 is 33.3 Å². The lowest BCUT2D eigenvalue weighted by molar-refractivity contribution is -0.147. The quantitative estimate of drug-likeness (QED) is 0.569. The average molecular weight is 438 g/mol. The number of rotatable bonds is 10. The minimum absolute atomic E-state index is 0.112. The van der Waals surface area contributed by atoms with E-state index >= 15 is 0 Å². The molecule has 0 atom stereocenters. The second-order valence-corrected chi connectivity index (χ2v) is 6.49. The van der Waals surface area contributed by atoms with Gasteiger partial charge in [-0.25, -0.2) is 0 Å². The highest BCUT2D eigenvalue weighted by atomic mass is 35.5. The van der Waals surface area contributed by atoms with E-state index in [2.05, 4.69) is 5.32 Å². The molecule has 0 heterocycles. The monoisotopic (exact) mass is 437 g/mol. The Labute approximate surface area is 180 Å². The standard InChI is InChI=1S/C21H24ClNO7/c1-26-16-7-5-13(9-19(16)29-4)6-8-21(25)30-12-20(24)23-15-11-17(27-2)14(22)10-18(15)28-3/h5,7,9-11H,6,8,12H2,1-4H3,(H,23,24). The Bertz CT molecular complexity index is 901. The van der Waals surface area contributed by atoms with Crippen molar-refractivity contribution >= 4 is 29.2 Å². The van der Waals surface area contributed by atoms with Crippen LogP contribution in [0, 0.1) is 0 Å². The molecular formula is C21H24ClNO7. The number of ether oxygens (including phenoxy) is 5. The molecule has 0 saturated heterocycles. The molecule has 8 nitrogen and oxygen atoms in total. The molecule has 2 aromatic rings. The van der Waals surface area contributed by atoms with Crippen molar-refractivity contribution in [2.24, 2.45) is 0 Å². The molecular weight excluding hydrogens is 414 g/mol. The summed E-state index contributed by atoms with van der Waals surface area (Å²) in [6.45, 7) is -0.432. The molecule has 0 unspecified atom stereocenters. The van der Waals surface area contributed by atoms with Gasteiger partial charge in [0.15, 0.2) is 18.1 Å². The molecule has 2 rings (SSSR count). The molecule has 0 aliphatic carbocycles. The zero-order valence-electron chi connectivity index (χ0n) is 17.2. The Kier molecular flexibility index (Phi) is 8.61. The zero-order chi connectivity index (χ0) is 22.1. The summed E-state index contributed by atoms with van der Waals surface area (Å²) >= 11 is 6.04. The van der Waals surface area contributed by atoms with Crippen molar-refractivity contribution in [2.75, 3.05) is 40.4 Å². The van der Waals surface area contributed by atoms with Crippen molar-refractivity contribution in [3.63, 3.8) is 0 Å². The van der Waals surface area contributed by atoms with Gasteiger partial charge in [-0.2, -0.15) is 0 Å². The van der Waals surface area contributed by atoms with Gasteiger partial charge in [-0.15, -0.1) is 0 Å². The lowest BCUT2D eigenvalue weighted by atomic mass is 10.1. The first-order chi connectivity index (χ1) is 14.4. The molecule has 2 aromatic carbocycles. The number of benzene rings is 2. The second kappa shape index (κ2) is 11.2. The summed E-state index contributed by atoms with van der Waals surface area (Å²) in [5.41, 5.74) is 1.23. The number of anilines is 1. The number of carbonyl (C=O) groups is 2. The summed E-state index contributed by atoms with van der Waals surface area (Å²) in [7, 11) is 6.00. The summed E-state index contributed by atoms with van der Waals surface area (Å²) in [6, 6.07) is 8.43. The number of carbonyl (C=O) groups excluding carboxylic acids is 2. The predicted molar refractivity (Wildman–Crippen MR) is 112 cm³/mol. The topological polar surface area (TPSA) is 92.3 Å². The fourth-order valence-corrected chi connectivity index (χ4v) is 2.88. The number of hydrogen-bond donors (Lipinski definition) is 1. The van der Waals surface area contributed by atoms with E-state index in [1.54, 1.807) is 26.4 Å². The van der Waals surface area contributed by atoms with Gasteiger partial charge in [-0.1, -0.05) is 17.7 Å². The average Bonchev–Trinajstić information content (AvgIpc) is 2.76. The summed E-state index contributed by atoms with van der Waals surface area (Å²) in [5.74, 6) is 0.899. The highest BCUT2D eigenvalue weighted by molar-refractivity contribution is 6.32. The molecule has 0 saturated carbocycles. The van der Waals surface area contributed by atoms with Crippen LogP contribution in [0.3, 0.4) is 0 Å². The zero-order valence-corrected chi connectivity index (χ0v) is 18.0. The molecule has 0 aromatic heterocycles. The van der Waals surface area contributed by atoms with Crippen LogP contribution in [0.2, 0.25) is 5.02 Å². The number of hydrogen-bond acceptors (Lipinski definition) is 7. The van der Waals surface area contributed by atoms with E-state index in [1.807, 2.05) is 6.07 Å². The van der Waals surface area contributed by atoms with E-state index in [4.69, 9.17) is 35.3 Å². The van der Waals surface area contributed by atoms with Gasteiger partial charge in [-0.05, 0) is 24.1 Å². The van der Waals surface area contributed by atoms with Crippen LogP contribution in [0.1, 0.15) is 12.0 Å². The van der Waals surface area contributed by atoms with Crippen molar-refractivity contribution in [1.82, 2.24) is 0 Å². The lowest BCUT2D eigenvalue weighted by Crippen LogP contribution is -2.21. The Balaban J connectivity index is 1.87. The normalized spacial score (nSPS) is 10.2. The number of aryl methyl sites for hydroxylation is 1. The molecule has 0 aliphatic rings. The molecule has 30 heavy (non-hydrogen) atoms. The first kappa shape index (κ1) is 23.2. The van der Waals surface area contributed by atoms with Crippen LogP contribution in [0.25, 0.3) is 0 Å². The Hall–Kier alpha value is -3.13. The van der Waals surface area contributed by atoms with Crippen LogP contribution in [0.5, 0.6) is 23.0 Å². The number of halogens is 1. The minimum atomic E-state index is -0.517. The number of esters is 1. The van der Waals surface area contributed by atoms with Crippen LogP contribution in [0.4, 0.5) is 5.69 Å². The van der Waals surface area contributed by atoms with Crippen molar-refractivity contribution in [2.45, 2.75) is 12.8 Å². The van der Waals surface area contributed by atoms with Gasteiger partial charge in [0.05, 0.1) is 39.1 Å². The highest BCUT2D eigenvalue weighted by Crippen LogP contribution is 2.35. The molecule has 0 aliphatic heterocycles. The number of nitrogens with one attached hydrogen (secondary N) is 1. The lowest BCUT2D eigenvalue weighted by Gasteiger charge is -2.13. The third-order valence-electron chi connectivity index (χ3n) is 4.18.